The second-order valence-electron chi connectivity index (χ2n) is 12.3. The van der Waals surface area contributed by atoms with E-state index in [1.807, 2.05) is 0 Å². The van der Waals surface area contributed by atoms with Crippen molar-refractivity contribution >= 4 is 27.7 Å². The number of hydrogen-bond acceptors (Lipinski definition) is 7. The number of sulfonamides is 1. The Morgan fingerprint density at radius 2 is 1.82 bits per heavy atom. The maximum Gasteiger partial charge on any atom is 0.407 e. The van der Waals surface area contributed by atoms with Crippen LogP contribution in [0.3, 0.4) is 0 Å². The topological polar surface area (TPSA) is 137 Å². The fourth-order valence-electron chi connectivity index (χ4n) is 7.08. The van der Waals surface area contributed by atoms with E-state index in [0.717, 1.165) is 6.42 Å². The first kappa shape index (κ1) is 33.2. The van der Waals surface area contributed by atoms with E-state index in [1.54, 1.807) is 22.5 Å². The van der Waals surface area contributed by atoms with Crippen LogP contribution in [0.1, 0.15) is 62.0 Å². The Kier molecular flexibility index (Phi) is 10.7. The molecule has 3 fully saturated rings. The van der Waals surface area contributed by atoms with Gasteiger partial charge in [-0.1, -0.05) is 18.2 Å². The lowest BCUT2D eigenvalue weighted by Crippen LogP contribution is -2.57. The van der Waals surface area contributed by atoms with Crippen molar-refractivity contribution in [2.75, 3.05) is 31.3 Å². The van der Waals surface area contributed by atoms with Gasteiger partial charge in [0.15, 0.2) is 0 Å². The van der Waals surface area contributed by atoms with Crippen molar-refractivity contribution in [1.29, 1.82) is 0 Å². The largest absolute Gasteiger partial charge is 0.453 e. The summed E-state index contributed by atoms with van der Waals surface area (Å²) in [5.74, 6) is -2.22. The quantitative estimate of drug-likeness (QED) is 0.326. The molecule has 2 aliphatic heterocycles. The van der Waals surface area contributed by atoms with Gasteiger partial charge in [0.1, 0.15) is 17.7 Å². The molecule has 1 saturated carbocycles. The zero-order chi connectivity index (χ0) is 32.1. The number of benzene rings is 2. The third-order valence-corrected chi connectivity index (χ3v) is 11.4. The lowest BCUT2D eigenvalue weighted by molar-refractivity contribution is -0.119. The molecule has 0 aromatic heterocycles. The van der Waals surface area contributed by atoms with E-state index in [0.29, 0.717) is 57.2 Å². The normalized spacial score (nSPS) is 27.4. The number of carbonyl (C=O) groups excluding carboxylic acids is 2. The Morgan fingerprint density at radius 1 is 1.09 bits per heavy atom. The molecule has 3 aliphatic rings. The minimum atomic E-state index is -3.42. The number of anilines is 1. The van der Waals surface area contributed by atoms with Gasteiger partial charge < -0.3 is 25.8 Å². The third-order valence-electron chi connectivity index (χ3n) is 9.47. The fraction of sp³-hybridized carbons (Fsp3) is 0.562. The number of hydrogen-bond donors (Lipinski definition) is 4. The number of amides is 2. The van der Waals surface area contributed by atoms with E-state index < -0.39 is 51.7 Å². The lowest BCUT2D eigenvalue weighted by atomic mass is 9.72. The van der Waals surface area contributed by atoms with Gasteiger partial charge in [-0.3, -0.25) is 4.79 Å². The summed E-state index contributed by atoms with van der Waals surface area (Å²) in [4.78, 5) is 26.6. The van der Waals surface area contributed by atoms with Crippen molar-refractivity contribution in [3.05, 3.63) is 65.2 Å². The summed E-state index contributed by atoms with van der Waals surface area (Å²) in [6.45, 7) is 0.846. The summed E-state index contributed by atoms with van der Waals surface area (Å²) in [5.41, 5.74) is 1.08. The van der Waals surface area contributed by atoms with Gasteiger partial charge in [0, 0.05) is 42.3 Å². The summed E-state index contributed by atoms with van der Waals surface area (Å²) in [7, 11) is -2.24. The van der Waals surface area contributed by atoms with E-state index >= 15 is 4.39 Å². The molecule has 1 aliphatic carbocycles. The Labute approximate surface area is 263 Å². The van der Waals surface area contributed by atoms with E-state index in [4.69, 9.17) is 4.74 Å². The average molecular weight is 649 g/mol. The molecule has 5 atom stereocenters. The van der Waals surface area contributed by atoms with Crippen LogP contribution in [0.25, 0.3) is 0 Å². The number of methoxy groups -OCH3 is 1. The lowest BCUT2D eigenvalue weighted by Gasteiger charge is -2.38. The number of piperazine rings is 1. The van der Waals surface area contributed by atoms with Crippen LogP contribution >= 0.6 is 0 Å². The molecule has 1 unspecified atom stereocenters. The summed E-state index contributed by atoms with van der Waals surface area (Å²) in [5, 5.41) is 19.0. The first-order valence-electron chi connectivity index (χ1n) is 15.6. The maximum absolute atomic E-state index is 15.3. The second kappa shape index (κ2) is 14.5. The van der Waals surface area contributed by atoms with Gasteiger partial charge in [0.25, 0.3) is 0 Å². The predicted molar refractivity (Wildman–Crippen MR) is 165 cm³/mol. The van der Waals surface area contributed by atoms with Crippen LogP contribution in [0.5, 0.6) is 0 Å². The maximum atomic E-state index is 15.3. The van der Waals surface area contributed by atoms with Crippen LogP contribution < -0.4 is 16.0 Å². The zero-order valence-electron chi connectivity index (χ0n) is 25.4. The minimum absolute atomic E-state index is 0.0897. The van der Waals surface area contributed by atoms with Crippen LogP contribution in [0, 0.1) is 17.6 Å². The fourth-order valence-corrected chi connectivity index (χ4v) is 8.89. The number of halogens is 2. The number of aliphatic hydroxyl groups is 1. The summed E-state index contributed by atoms with van der Waals surface area (Å²) < 4.78 is 61.5. The van der Waals surface area contributed by atoms with E-state index in [-0.39, 0.29) is 41.4 Å². The van der Waals surface area contributed by atoms with E-state index in [1.165, 1.54) is 31.4 Å². The van der Waals surface area contributed by atoms with Crippen LogP contribution in [-0.2, 0) is 26.0 Å². The molecule has 5 rings (SSSR count). The summed E-state index contributed by atoms with van der Waals surface area (Å²) in [6.07, 6.45) is 2.80. The number of aliphatic hydroxyl groups excluding tert-OH is 1. The first-order valence-corrected chi connectivity index (χ1v) is 17.3. The van der Waals surface area contributed by atoms with Crippen LogP contribution in [0.2, 0.25) is 0 Å². The molecule has 10 nitrogen and oxygen atoms in total. The van der Waals surface area contributed by atoms with E-state index in [2.05, 4.69) is 16.0 Å². The van der Waals surface area contributed by atoms with Crippen molar-refractivity contribution in [2.24, 2.45) is 5.92 Å². The van der Waals surface area contributed by atoms with Gasteiger partial charge in [-0.2, -0.15) is 4.31 Å². The minimum Gasteiger partial charge on any atom is -0.453 e. The van der Waals surface area contributed by atoms with Crippen LogP contribution in [0.4, 0.5) is 19.3 Å². The number of nitrogens with one attached hydrogen (secondary N) is 3. The highest BCUT2D eigenvalue weighted by Gasteiger charge is 2.40. The number of carbonyl (C=O) groups is 2. The summed E-state index contributed by atoms with van der Waals surface area (Å²) in [6, 6.07) is 8.68. The van der Waals surface area contributed by atoms with Crippen LogP contribution in [0.15, 0.2) is 42.5 Å². The standard InChI is InChI=1S/C32H42F2N4O6S/c1-44-32(41)37-30(29(20-7-11-22(33)12-8-20)21-9-14-25(39)15-10-21)31(40)36-28-6-2-5-27(34)26(28)16-13-24-18-35-23-4-3-17-45(42,43)38(24)19-23/h2,5-8,11-12,21,23-25,29-30,35,39H,3-4,9-10,13-19H2,1H3,(H,36,40)(H,37,41)/t21?,23-,24+,25?,29+,30+/m1/s1. The molecule has 246 valence electrons. The Balaban J connectivity index is 1.40. The van der Waals surface area contributed by atoms with Gasteiger partial charge in [-0.25, -0.2) is 22.0 Å². The first-order chi connectivity index (χ1) is 21.6. The van der Waals surface area contributed by atoms with Crippen molar-refractivity contribution in [3.8, 4) is 0 Å². The van der Waals surface area contributed by atoms with Gasteiger partial charge >= 0.3 is 6.09 Å². The molecule has 2 aromatic carbocycles. The summed E-state index contributed by atoms with van der Waals surface area (Å²) >= 11 is 0. The predicted octanol–water partition coefficient (Wildman–Crippen LogP) is 3.66. The molecule has 45 heavy (non-hydrogen) atoms. The molecule has 13 heteroatoms. The Morgan fingerprint density at radius 3 is 2.53 bits per heavy atom. The highest BCUT2D eigenvalue weighted by molar-refractivity contribution is 7.89. The number of ether oxygens (including phenoxy) is 1. The zero-order valence-corrected chi connectivity index (χ0v) is 26.2. The van der Waals surface area contributed by atoms with E-state index in [9.17, 15) is 27.5 Å². The van der Waals surface area contributed by atoms with Crippen molar-refractivity contribution in [2.45, 2.75) is 81.5 Å². The SMILES string of the molecule is COC(=O)N[C@H](C(=O)Nc1cccc(F)c1CC[C@H]1CN[C@@H]2CCCS(=O)(=O)N1C2)[C@@H](c1ccc(F)cc1)C1CCC(O)CC1. The molecule has 0 radical (unpaired) electrons. The number of nitrogens with zero attached hydrogens (tertiary/aromatic N) is 1. The molecule has 4 N–H and O–H groups in total. The van der Waals surface area contributed by atoms with Gasteiger partial charge in [-0.05, 0) is 87.1 Å². The van der Waals surface area contributed by atoms with Gasteiger partial charge in [-0.15, -0.1) is 0 Å². The smallest absolute Gasteiger partial charge is 0.407 e. The van der Waals surface area contributed by atoms with Crippen molar-refractivity contribution < 1.29 is 36.6 Å². The highest BCUT2D eigenvalue weighted by atomic mass is 32.2. The van der Waals surface area contributed by atoms with Crippen molar-refractivity contribution in [1.82, 2.24) is 14.9 Å². The number of rotatable bonds is 9. The molecule has 2 saturated heterocycles. The number of fused-ring (bicyclic) bond motifs is 2. The molecule has 2 aromatic rings. The molecular formula is C32H42F2N4O6S. The van der Waals surface area contributed by atoms with Crippen molar-refractivity contribution in [3.63, 3.8) is 0 Å². The Bertz CT molecular complexity index is 1450. The molecule has 2 bridgehead atoms. The number of alkyl carbamates (subject to hydrolysis) is 1. The van der Waals surface area contributed by atoms with Crippen LogP contribution in [-0.4, -0.2) is 80.0 Å². The average Bonchev–Trinajstić information content (AvgIpc) is 3.13. The third kappa shape index (κ3) is 8.00. The highest BCUT2D eigenvalue weighted by Crippen LogP contribution is 2.39. The molecular weight excluding hydrogens is 606 g/mol. The Hall–Kier alpha value is -3.13. The van der Waals surface area contributed by atoms with Gasteiger partial charge in [0.05, 0.1) is 19.0 Å². The molecule has 2 amide bonds. The molecule has 2 heterocycles. The second-order valence-corrected chi connectivity index (χ2v) is 14.4. The van der Waals surface area contributed by atoms with Gasteiger partial charge in [0.2, 0.25) is 15.9 Å². The molecule has 0 spiro atoms. The monoisotopic (exact) mass is 648 g/mol.